The quantitative estimate of drug-likeness (QED) is 0.786. The molecule has 2 N–H and O–H groups in total. The summed E-state index contributed by atoms with van der Waals surface area (Å²) in [5.74, 6) is 0.0678. The highest BCUT2D eigenvalue weighted by molar-refractivity contribution is 7.11. The minimum Gasteiger partial charge on any atom is -0.349 e. The van der Waals surface area contributed by atoms with Crippen LogP contribution in [-0.2, 0) is 17.8 Å². The molecular formula is C11H19N3OS. The third kappa shape index (κ3) is 3.90. The van der Waals surface area contributed by atoms with E-state index in [4.69, 9.17) is 0 Å². The van der Waals surface area contributed by atoms with Gasteiger partial charge in [0.2, 0.25) is 5.91 Å². The Morgan fingerprint density at radius 1 is 1.62 bits per heavy atom. The Hall–Kier alpha value is -0.940. The largest absolute Gasteiger partial charge is 0.349 e. The van der Waals surface area contributed by atoms with E-state index in [2.05, 4.69) is 22.5 Å². The molecule has 0 aliphatic rings. The van der Waals surface area contributed by atoms with Crippen molar-refractivity contribution in [2.24, 2.45) is 5.92 Å². The van der Waals surface area contributed by atoms with Gasteiger partial charge >= 0.3 is 0 Å². The summed E-state index contributed by atoms with van der Waals surface area (Å²) in [5, 5.41) is 6.85. The van der Waals surface area contributed by atoms with Crippen LogP contribution in [0.4, 0.5) is 0 Å². The summed E-state index contributed by atoms with van der Waals surface area (Å²) in [6.45, 7) is 5.25. The molecule has 0 saturated heterocycles. The summed E-state index contributed by atoms with van der Waals surface area (Å²) in [5.41, 5.74) is 0. The van der Waals surface area contributed by atoms with Crippen LogP contribution in [0.5, 0.6) is 0 Å². The van der Waals surface area contributed by atoms with Gasteiger partial charge < -0.3 is 10.6 Å². The first-order valence-corrected chi connectivity index (χ1v) is 6.34. The van der Waals surface area contributed by atoms with E-state index in [9.17, 15) is 4.79 Å². The molecular weight excluding hydrogens is 222 g/mol. The molecule has 16 heavy (non-hydrogen) atoms. The second-order valence-corrected chi connectivity index (χ2v) is 4.95. The van der Waals surface area contributed by atoms with Gasteiger partial charge in [-0.3, -0.25) is 4.79 Å². The number of hydrogen-bond donors (Lipinski definition) is 2. The van der Waals surface area contributed by atoms with E-state index in [0.717, 1.165) is 11.4 Å². The first-order chi connectivity index (χ1) is 7.67. The SMILES string of the molecule is CCc1cnc(CNC(=O)C(C)CNC)s1. The number of amides is 1. The number of nitrogens with one attached hydrogen (secondary N) is 2. The second-order valence-electron chi connectivity index (χ2n) is 3.75. The van der Waals surface area contributed by atoms with Gasteiger partial charge in [-0.2, -0.15) is 0 Å². The summed E-state index contributed by atoms with van der Waals surface area (Å²) in [7, 11) is 1.85. The maximum absolute atomic E-state index is 11.6. The van der Waals surface area contributed by atoms with Gasteiger partial charge in [0.25, 0.3) is 0 Å². The van der Waals surface area contributed by atoms with Gasteiger partial charge in [0.15, 0.2) is 0 Å². The number of hydrogen-bond acceptors (Lipinski definition) is 4. The zero-order valence-corrected chi connectivity index (χ0v) is 10.9. The van der Waals surface area contributed by atoms with Gasteiger partial charge in [-0.15, -0.1) is 11.3 Å². The normalized spacial score (nSPS) is 12.4. The van der Waals surface area contributed by atoms with Gasteiger partial charge in [0.1, 0.15) is 5.01 Å². The molecule has 5 heteroatoms. The van der Waals surface area contributed by atoms with Gasteiger partial charge in [-0.1, -0.05) is 13.8 Å². The fourth-order valence-electron chi connectivity index (χ4n) is 1.33. The molecule has 0 aromatic carbocycles. The highest BCUT2D eigenvalue weighted by Crippen LogP contribution is 2.12. The van der Waals surface area contributed by atoms with Crippen LogP contribution in [0, 0.1) is 5.92 Å². The van der Waals surface area contributed by atoms with Crippen molar-refractivity contribution >= 4 is 17.2 Å². The predicted octanol–water partition coefficient (Wildman–Crippen LogP) is 1.18. The summed E-state index contributed by atoms with van der Waals surface area (Å²) in [6.07, 6.45) is 2.88. The van der Waals surface area contributed by atoms with Crippen LogP contribution < -0.4 is 10.6 Å². The van der Waals surface area contributed by atoms with Crippen molar-refractivity contribution < 1.29 is 4.79 Å². The minimum absolute atomic E-state index is 0.00407. The number of aromatic nitrogens is 1. The van der Waals surface area contributed by atoms with Crippen molar-refractivity contribution in [2.75, 3.05) is 13.6 Å². The fourth-order valence-corrected chi connectivity index (χ4v) is 2.13. The van der Waals surface area contributed by atoms with E-state index in [1.54, 1.807) is 11.3 Å². The monoisotopic (exact) mass is 241 g/mol. The number of carbonyl (C=O) groups excluding carboxylic acids is 1. The number of carbonyl (C=O) groups is 1. The molecule has 1 aromatic rings. The Bertz CT molecular complexity index is 338. The zero-order chi connectivity index (χ0) is 12.0. The van der Waals surface area contributed by atoms with E-state index < -0.39 is 0 Å². The van der Waals surface area contributed by atoms with Gasteiger partial charge in [0, 0.05) is 23.5 Å². The van der Waals surface area contributed by atoms with Crippen molar-refractivity contribution in [1.29, 1.82) is 0 Å². The van der Waals surface area contributed by atoms with Crippen LogP contribution in [0.3, 0.4) is 0 Å². The first-order valence-electron chi connectivity index (χ1n) is 5.53. The molecule has 90 valence electrons. The van der Waals surface area contributed by atoms with E-state index >= 15 is 0 Å². The number of aryl methyl sites for hydroxylation is 1. The molecule has 0 saturated carbocycles. The van der Waals surface area contributed by atoms with Crippen molar-refractivity contribution in [3.8, 4) is 0 Å². The second kappa shape index (κ2) is 6.60. The topological polar surface area (TPSA) is 54.0 Å². The molecule has 0 fully saturated rings. The molecule has 0 aliphatic heterocycles. The van der Waals surface area contributed by atoms with Crippen LogP contribution in [0.1, 0.15) is 23.7 Å². The highest BCUT2D eigenvalue weighted by Gasteiger charge is 2.11. The maximum Gasteiger partial charge on any atom is 0.224 e. The van der Waals surface area contributed by atoms with Gasteiger partial charge in [0.05, 0.1) is 6.54 Å². The molecule has 1 rings (SSSR count). The molecule has 1 aromatic heterocycles. The van der Waals surface area contributed by atoms with Crippen LogP contribution >= 0.6 is 11.3 Å². The molecule has 0 spiro atoms. The van der Waals surface area contributed by atoms with E-state index in [0.29, 0.717) is 13.1 Å². The average Bonchev–Trinajstić information content (AvgIpc) is 2.74. The minimum atomic E-state index is -0.00407. The molecule has 1 heterocycles. The molecule has 0 aliphatic carbocycles. The summed E-state index contributed by atoms with van der Waals surface area (Å²) < 4.78 is 0. The lowest BCUT2D eigenvalue weighted by Gasteiger charge is -2.10. The van der Waals surface area contributed by atoms with Crippen molar-refractivity contribution in [3.63, 3.8) is 0 Å². The Morgan fingerprint density at radius 3 is 2.94 bits per heavy atom. The molecule has 1 amide bonds. The summed E-state index contributed by atoms with van der Waals surface area (Å²) >= 11 is 1.66. The Labute approximate surface area is 100 Å². The van der Waals surface area contributed by atoms with E-state index in [-0.39, 0.29) is 11.8 Å². The highest BCUT2D eigenvalue weighted by atomic mass is 32.1. The predicted molar refractivity (Wildman–Crippen MR) is 66.4 cm³/mol. The molecule has 0 bridgehead atoms. The molecule has 0 radical (unpaired) electrons. The fraction of sp³-hybridized carbons (Fsp3) is 0.636. The Morgan fingerprint density at radius 2 is 2.38 bits per heavy atom. The number of thiazole rings is 1. The lowest BCUT2D eigenvalue weighted by atomic mass is 10.1. The maximum atomic E-state index is 11.6. The van der Waals surface area contributed by atoms with Crippen LogP contribution in [0.25, 0.3) is 0 Å². The molecule has 1 atom stereocenters. The van der Waals surface area contributed by atoms with Crippen molar-refractivity contribution in [2.45, 2.75) is 26.8 Å². The van der Waals surface area contributed by atoms with Crippen molar-refractivity contribution in [3.05, 3.63) is 16.1 Å². The van der Waals surface area contributed by atoms with Crippen LogP contribution in [-0.4, -0.2) is 24.5 Å². The van der Waals surface area contributed by atoms with E-state index in [1.807, 2.05) is 20.2 Å². The first kappa shape index (κ1) is 13.1. The van der Waals surface area contributed by atoms with E-state index in [1.165, 1.54) is 4.88 Å². The van der Waals surface area contributed by atoms with Gasteiger partial charge in [-0.05, 0) is 13.5 Å². The lowest BCUT2D eigenvalue weighted by Crippen LogP contribution is -2.33. The number of rotatable bonds is 6. The Balaban J connectivity index is 2.36. The summed E-state index contributed by atoms with van der Waals surface area (Å²) in [4.78, 5) is 17.1. The Kier molecular flexibility index (Phi) is 5.42. The van der Waals surface area contributed by atoms with Crippen molar-refractivity contribution in [1.82, 2.24) is 15.6 Å². The average molecular weight is 241 g/mol. The van der Waals surface area contributed by atoms with Crippen LogP contribution in [0.2, 0.25) is 0 Å². The van der Waals surface area contributed by atoms with Gasteiger partial charge in [-0.25, -0.2) is 4.98 Å². The smallest absolute Gasteiger partial charge is 0.224 e. The number of nitrogens with zero attached hydrogens (tertiary/aromatic N) is 1. The summed E-state index contributed by atoms with van der Waals surface area (Å²) in [6, 6.07) is 0. The van der Waals surface area contributed by atoms with Crippen LogP contribution in [0.15, 0.2) is 6.20 Å². The standard InChI is InChI=1S/C11H19N3OS/c1-4-9-6-13-10(16-9)7-14-11(15)8(2)5-12-3/h6,8,12H,4-5,7H2,1-3H3,(H,14,15). The molecule has 1 unspecified atom stereocenters. The lowest BCUT2D eigenvalue weighted by molar-refractivity contribution is -0.124. The third-order valence-corrected chi connectivity index (χ3v) is 3.46. The zero-order valence-electron chi connectivity index (χ0n) is 10.0. The molecule has 4 nitrogen and oxygen atoms in total. The third-order valence-electron chi connectivity index (χ3n) is 2.32.